The van der Waals surface area contributed by atoms with Crippen molar-refractivity contribution in [1.82, 2.24) is 0 Å². The summed E-state index contributed by atoms with van der Waals surface area (Å²) in [6.07, 6.45) is 0.992. The van der Waals surface area contributed by atoms with Gasteiger partial charge in [0.1, 0.15) is 11.5 Å². The van der Waals surface area contributed by atoms with Crippen molar-refractivity contribution in [3.05, 3.63) is 48.0 Å². The standard InChI is InChI=1S/C15H16O2/c1-3-11-4-9-14(15(10-11)17-2)12-5-7-13(16)8-6-12/h4-10,16H,3H2,1-2H3. The number of ether oxygens (including phenoxy) is 1. The van der Waals surface area contributed by atoms with Gasteiger partial charge in [0.2, 0.25) is 0 Å². The van der Waals surface area contributed by atoms with Crippen molar-refractivity contribution in [1.29, 1.82) is 0 Å². The summed E-state index contributed by atoms with van der Waals surface area (Å²) in [5.41, 5.74) is 3.34. The van der Waals surface area contributed by atoms with E-state index in [0.717, 1.165) is 23.3 Å². The minimum absolute atomic E-state index is 0.276. The van der Waals surface area contributed by atoms with Crippen LogP contribution >= 0.6 is 0 Å². The molecule has 0 aliphatic carbocycles. The summed E-state index contributed by atoms with van der Waals surface area (Å²) in [6, 6.07) is 13.4. The van der Waals surface area contributed by atoms with Crippen LogP contribution in [0.1, 0.15) is 12.5 Å². The van der Waals surface area contributed by atoms with Gasteiger partial charge in [0, 0.05) is 5.56 Å². The van der Waals surface area contributed by atoms with E-state index in [0.29, 0.717) is 0 Å². The fourth-order valence-electron chi connectivity index (χ4n) is 1.84. The van der Waals surface area contributed by atoms with Gasteiger partial charge in [0.05, 0.1) is 7.11 Å². The Kier molecular flexibility index (Phi) is 3.33. The van der Waals surface area contributed by atoms with Crippen LogP contribution in [-0.4, -0.2) is 12.2 Å². The molecule has 0 saturated heterocycles. The van der Waals surface area contributed by atoms with E-state index in [-0.39, 0.29) is 5.75 Å². The van der Waals surface area contributed by atoms with Crippen LogP contribution in [0.4, 0.5) is 0 Å². The second-order valence-corrected chi connectivity index (χ2v) is 3.94. The molecule has 0 fully saturated rings. The van der Waals surface area contributed by atoms with Crippen LogP contribution in [0.15, 0.2) is 42.5 Å². The summed E-state index contributed by atoms with van der Waals surface area (Å²) in [4.78, 5) is 0. The van der Waals surface area contributed by atoms with Crippen molar-refractivity contribution in [2.45, 2.75) is 13.3 Å². The lowest BCUT2D eigenvalue weighted by atomic mass is 10.0. The van der Waals surface area contributed by atoms with Crippen LogP contribution < -0.4 is 4.74 Å². The molecule has 2 aromatic rings. The first-order valence-corrected chi connectivity index (χ1v) is 5.71. The fourth-order valence-corrected chi connectivity index (χ4v) is 1.84. The predicted molar refractivity (Wildman–Crippen MR) is 69.5 cm³/mol. The van der Waals surface area contributed by atoms with E-state index in [9.17, 15) is 5.11 Å². The molecule has 0 amide bonds. The molecule has 0 spiro atoms. The molecule has 17 heavy (non-hydrogen) atoms. The number of phenols is 1. The Balaban J connectivity index is 2.47. The van der Waals surface area contributed by atoms with Crippen LogP contribution in [0.2, 0.25) is 0 Å². The average Bonchev–Trinajstić information content (AvgIpc) is 2.39. The first-order valence-electron chi connectivity index (χ1n) is 5.71. The van der Waals surface area contributed by atoms with E-state index >= 15 is 0 Å². The van der Waals surface area contributed by atoms with Crippen LogP contribution in [0.5, 0.6) is 11.5 Å². The number of hydrogen-bond acceptors (Lipinski definition) is 2. The van der Waals surface area contributed by atoms with Gasteiger partial charge in [-0.1, -0.05) is 31.2 Å². The molecule has 1 N–H and O–H groups in total. The van der Waals surface area contributed by atoms with Gasteiger partial charge in [-0.3, -0.25) is 0 Å². The highest BCUT2D eigenvalue weighted by atomic mass is 16.5. The van der Waals surface area contributed by atoms with Crippen LogP contribution in [0, 0.1) is 0 Å². The van der Waals surface area contributed by atoms with Crippen LogP contribution in [0.3, 0.4) is 0 Å². The predicted octanol–water partition coefficient (Wildman–Crippen LogP) is 3.63. The van der Waals surface area contributed by atoms with Crippen molar-refractivity contribution >= 4 is 0 Å². The number of aromatic hydroxyl groups is 1. The average molecular weight is 228 g/mol. The maximum Gasteiger partial charge on any atom is 0.126 e. The molecule has 0 unspecified atom stereocenters. The molecule has 2 nitrogen and oxygen atoms in total. The maximum atomic E-state index is 9.28. The number of rotatable bonds is 3. The molecule has 0 saturated carbocycles. The Hall–Kier alpha value is -1.96. The second kappa shape index (κ2) is 4.91. The molecule has 0 bridgehead atoms. The zero-order valence-corrected chi connectivity index (χ0v) is 10.1. The van der Waals surface area contributed by atoms with E-state index < -0.39 is 0 Å². The van der Waals surface area contributed by atoms with Gasteiger partial charge in [0.15, 0.2) is 0 Å². The number of aryl methyl sites for hydroxylation is 1. The Labute approximate surface area is 101 Å². The molecule has 2 aromatic carbocycles. The van der Waals surface area contributed by atoms with Crippen molar-refractivity contribution < 1.29 is 9.84 Å². The zero-order chi connectivity index (χ0) is 12.3. The molecule has 0 aliphatic heterocycles. The van der Waals surface area contributed by atoms with Gasteiger partial charge in [-0.05, 0) is 35.7 Å². The highest BCUT2D eigenvalue weighted by molar-refractivity contribution is 5.71. The van der Waals surface area contributed by atoms with Gasteiger partial charge in [-0.15, -0.1) is 0 Å². The van der Waals surface area contributed by atoms with Crippen LogP contribution in [-0.2, 0) is 6.42 Å². The number of methoxy groups -OCH3 is 1. The number of hydrogen-bond donors (Lipinski definition) is 1. The number of benzene rings is 2. The fraction of sp³-hybridized carbons (Fsp3) is 0.200. The van der Waals surface area contributed by atoms with E-state index in [1.54, 1.807) is 19.2 Å². The first-order chi connectivity index (χ1) is 8.24. The summed E-state index contributed by atoms with van der Waals surface area (Å²) < 4.78 is 5.41. The van der Waals surface area contributed by atoms with Gasteiger partial charge < -0.3 is 9.84 Å². The first kappa shape index (κ1) is 11.5. The van der Waals surface area contributed by atoms with Crippen molar-refractivity contribution in [3.63, 3.8) is 0 Å². The summed E-state index contributed by atoms with van der Waals surface area (Å²) in [5.74, 6) is 1.15. The van der Waals surface area contributed by atoms with E-state index in [2.05, 4.69) is 25.1 Å². The largest absolute Gasteiger partial charge is 0.508 e. The third-order valence-electron chi connectivity index (χ3n) is 2.85. The number of phenolic OH excluding ortho intramolecular Hbond substituents is 1. The van der Waals surface area contributed by atoms with E-state index in [4.69, 9.17) is 4.74 Å². The SMILES string of the molecule is CCc1ccc(-c2ccc(O)cc2)c(OC)c1. The lowest BCUT2D eigenvalue weighted by molar-refractivity contribution is 0.416. The minimum Gasteiger partial charge on any atom is -0.508 e. The molecule has 0 heterocycles. The molecule has 2 heteroatoms. The summed E-state index contributed by atoms with van der Waals surface area (Å²) >= 11 is 0. The topological polar surface area (TPSA) is 29.5 Å². The molecule has 2 rings (SSSR count). The summed E-state index contributed by atoms with van der Waals surface area (Å²) in [6.45, 7) is 2.12. The quantitative estimate of drug-likeness (QED) is 0.869. The Bertz CT molecular complexity index is 501. The van der Waals surface area contributed by atoms with Gasteiger partial charge in [-0.25, -0.2) is 0 Å². The normalized spacial score (nSPS) is 10.2. The molecular weight excluding hydrogens is 212 g/mol. The molecule has 0 radical (unpaired) electrons. The van der Waals surface area contributed by atoms with E-state index in [1.165, 1.54) is 5.56 Å². The lowest BCUT2D eigenvalue weighted by Gasteiger charge is -2.10. The smallest absolute Gasteiger partial charge is 0.126 e. The van der Waals surface area contributed by atoms with Crippen LogP contribution in [0.25, 0.3) is 11.1 Å². The van der Waals surface area contributed by atoms with Crippen molar-refractivity contribution in [3.8, 4) is 22.6 Å². The molecule has 0 aliphatic rings. The Morgan fingerprint density at radius 3 is 2.35 bits per heavy atom. The Morgan fingerprint density at radius 2 is 1.76 bits per heavy atom. The molecule has 88 valence electrons. The Morgan fingerprint density at radius 1 is 1.06 bits per heavy atom. The summed E-state index contributed by atoms with van der Waals surface area (Å²) in [7, 11) is 1.68. The minimum atomic E-state index is 0.276. The summed E-state index contributed by atoms with van der Waals surface area (Å²) in [5, 5.41) is 9.28. The second-order valence-electron chi connectivity index (χ2n) is 3.94. The molecular formula is C15H16O2. The third kappa shape index (κ3) is 2.41. The lowest BCUT2D eigenvalue weighted by Crippen LogP contribution is -1.90. The van der Waals surface area contributed by atoms with Gasteiger partial charge in [-0.2, -0.15) is 0 Å². The van der Waals surface area contributed by atoms with Crippen molar-refractivity contribution in [2.24, 2.45) is 0 Å². The monoisotopic (exact) mass is 228 g/mol. The van der Waals surface area contributed by atoms with Crippen molar-refractivity contribution in [2.75, 3.05) is 7.11 Å². The van der Waals surface area contributed by atoms with E-state index in [1.807, 2.05) is 12.1 Å². The third-order valence-corrected chi connectivity index (χ3v) is 2.85. The molecule has 0 atom stereocenters. The van der Waals surface area contributed by atoms with Gasteiger partial charge in [0.25, 0.3) is 0 Å². The molecule has 0 aromatic heterocycles. The highest BCUT2D eigenvalue weighted by Crippen LogP contribution is 2.31. The highest BCUT2D eigenvalue weighted by Gasteiger charge is 2.06. The zero-order valence-electron chi connectivity index (χ0n) is 10.1. The maximum absolute atomic E-state index is 9.28. The van der Waals surface area contributed by atoms with Gasteiger partial charge >= 0.3 is 0 Å².